The number of rotatable bonds is 6. The van der Waals surface area contributed by atoms with Crippen molar-refractivity contribution in [3.8, 4) is 5.69 Å². The Balaban J connectivity index is 1.38. The molecule has 0 saturated heterocycles. The molecule has 7 nitrogen and oxygen atoms in total. The monoisotopic (exact) mass is 411 g/mol. The Morgan fingerprint density at radius 2 is 2.07 bits per heavy atom. The highest BCUT2D eigenvalue weighted by Crippen LogP contribution is 2.23. The first kappa shape index (κ1) is 18.6. The van der Waals surface area contributed by atoms with Crippen LogP contribution in [-0.2, 0) is 16.1 Å². The van der Waals surface area contributed by atoms with Crippen molar-refractivity contribution in [2.24, 2.45) is 0 Å². The van der Waals surface area contributed by atoms with Gasteiger partial charge in [-0.15, -0.1) is 16.4 Å². The summed E-state index contributed by atoms with van der Waals surface area (Å²) in [7, 11) is 0. The summed E-state index contributed by atoms with van der Waals surface area (Å²) in [6.45, 7) is 4.18. The lowest BCUT2D eigenvalue weighted by Gasteiger charge is -2.08. The normalized spacial score (nSPS) is 11.1. The molecule has 0 spiro atoms. The fourth-order valence-electron chi connectivity index (χ4n) is 2.66. The zero-order valence-corrected chi connectivity index (χ0v) is 17.0. The zero-order chi connectivity index (χ0) is 19.5. The van der Waals surface area contributed by atoms with Crippen LogP contribution in [0.3, 0.4) is 0 Å². The number of nitrogens with zero attached hydrogens (tertiary/aromatic N) is 5. The van der Waals surface area contributed by atoms with Crippen LogP contribution in [0.2, 0.25) is 0 Å². The van der Waals surface area contributed by atoms with E-state index in [2.05, 4.69) is 20.5 Å². The maximum absolute atomic E-state index is 12.2. The van der Waals surface area contributed by atoms with Crippen molar-refractivity contribution in [1.29, 1.82) is 0 Å². The second-order valence-corrected chi connectivity index (χ2v) is 8.25. The molecule has 0 amide bonds. The van der Waals surface area contributed by atoms with Gasteiger partial charge in [-0.05, 0) is 53.6 Å². The van der Waals surface area contributed by atoms with E-state index in [4.69, 9.17) is 4.74 Å². The van der Waals surface area contributed by atoms with E-state index in [1.165, 1.54) is 23.1 Å². The van der Waals surface area contributed by atoms with Gasteiger partial charge in [0.1, 0.15) is 11.6 Å². The highest BCUT2D eigenvalue weighted by atomic mass is 32.2. The molecule has 4 aromatic rings. The lowest BCUT2D eigenvalue weighted by atomic mass is 10.1. The number of carbonyl (C=O) groups is 1. The number of aryl methyl sites for hydroxylation is 2. The van der Waals surface area contributed by atoms with E-state index in [9.17, 15) is 4.79 Å². The zero-order valence-electron chi connectivity index (χ0n) is 15.3. The first-order valence-corrected chi connectivity index (χ1v) is 10.4. The molecule has 0 fully saturated rings. The predicted octanol–water partition coefficient (Wildman–Crippen LogP) is 3.72. The standard InChI is InChI=1S/C19H17N5O2S2/c1-12-7-8-13(2)15(9-12)24-19(21-22-23-24)27-11-18(25)26-10-17-20-14-5-3-4-6-16(14)28-17/h3-9H,10-11H2,1-2H3. The maximum Gasteiger partial charge on any atom is 0.316 e. The van der Waals surface area contributed by atoms with Gasteiger partial charge in [0, 0.05) is 0 Å². The van der Waals surface area contributed by atoms with Gasteiger partial charge in [-0.1, -0.05) is 36.0 Å². The van der Waals surface area contributed by atoms with Gasteiger partial charge in [0.2, 0.25) is 5.16 Å². The molecule has 2 heterocycles. The molecule has 4 rings (SSSR count). The van der Waals surface area contributed by atoms with E-state index in [0.29, 0.717) is 5.16 Å². The fraction of sp³-hybridized carbons (Fsp3) is 0.211. The number of carbonyl (C=O) groups excluding carboxylic acids is 1. The highest BCUT2D eigenvalue weighted by Gasteiger charge is 2.14. The third-order valence-corrected chi connectivity index (χ3v) is 5.95. The number of para-hydroxylation sites is 1. The van der Waals surface area contributed by atoms with Crippen LogP contribution >= 0.6 is 23.1 Å². The van der Waals surface area contributed by atoms with Crippen LogP contribution in [0.5, 0.6) is 0 Å². The maximum atomic E-state index is 12.2. The van der Waals surface area contributed by atoms with Crippen LogP contribution in [0.25, 0.3) is 15.9 Å². The number of tetrazole rings is 1. The van der Waals surface area contributed by atoms with Crippen LogP contribution in [0, 0.1) is 13.8 Å². The Kier molecular flexibility index (Phi) is 5.36. The van der Waals surface area contributed by atoms with Gasteiger partial charge in [0.25, 0.3) is 0 Å². The Morgan fingerprint density at radius 1 is 1.21 bits per heavy atom. The van der Waals surface area contributed by atoms with E-state index in [0.717, 1.165) is 32.0 Å². The molecular formula is C19H17N5O2S2. The first-order chi connectivity index (χ1) is 13.6. The minimum absolute atomic E-state index is 0.121. The average Bonchev–Trinajstić information content (AvgIpc) is 3.32. The number of fused-ring (bicyclic) bond motifs is 1. The Bertz CT molecular complexity index is 1110. The highest BCUT2D eigenvalue weighted by molar-refractivity contribution is 7.99. The van der Waals surface area contributed by atoms with Crippen LogP contribution in [0.4, 0.5) is 0 Å². The molecule has 0 aliphatic heterocycles. The summed E-state index contributed by atoms with van der Waals surface area (Å²) in [6.07, 6.45) is 0. The molecular weight excluding hydrogens is 394 g/mol. The second kappa shape index (κ2) is 8.07. The first-order valence-electron chi connectivity index (χ1n) is 8.59. The van der Waals surface area contributed by atoms with Crippen molar-refractivity contribution in [3.05, 3.63) is 58.6 Å². The number of aromatic nitrogens is 5. The van der Waals surface area contributed by atoms with Crippen molar-refractivity contribution >= 4 is 39.3 Å². The topological polar surface area (TPSA) is 82.8 Å². The van der Waals surface area contributed by atoms with Crippen LogP contribution in [0.15, 0.2) is 47.6 Å². The summed E-state index contributed by atoms with van der Waals surface area (Å²) < 4.78 is 8.08. The van der Waals surface area contributed by atoms with Crippen molar-refractivity contribution in [1.82, 2.24) is 25.2 Å². The number of benzene rings is 2. The van der Waals surface area contributed by atoms with Gasteiger partial charge in [-0.25, -0.2) is 4.98 Å². The fourth-order valence-corrected chi connectivity index (χ4v) is 4.22. The third kappa shape index (κ3) is 4.05. The number of thioether (sulfide) groups is 1. The van der Waals surface area contributed by atoms with Gasteiger partial charge >= 0.3 is 5.97 Å². The van der Waals surface area contributed by atoms with Gasteiger partial charge < -0.3 is 4.74 Å². The number of ether oxygens (including phenoxy) is 1. The Labute approximate surface area is 169 Å². The SMILES string of the molecule is Cc1ccc(C)c(-n2nnnc2SCC(=O)OCc2nc3ccccc3s2)c1. The lowest BCUT2D eigenvalue weighted by Crippen LogP contribution is -2.09. The van der Waals surface area contributed by atoms with Crippen LogP contribution in [-0.4, -0.2) is 36.9 Å². The number of hydrogen-bond donors (Lipinski definition) is 0. The Hall–Kier alpha value is -2.78. The molecule has 2 aromatic heterocycles. The number of esters is 1. The summed E-state index contributed by atoms with van der Waals surface area (Å²) in [6, 6.07) is 13.9. The van der Waals surface area contributed by atoms with Crippen LogP contribution in [0.1, 0.15) is 16.1 Å². The summed E-state index contributed by atoms with van der Waals surface area (Å²) in [5, 5.41) is 13.2. The summed E-state index contributed by atoms with van der Waals surface area (Å²) in [5.41, 5.74) is 3.98. The van der Waals surface area contributed by atoms with Crippen molar-refractivity contribution < 1.29 is 9.53 Å². The molecule has 0 aliphatic carbocycles. The molecule has 2 aromatic carbocycles. The van der Waals surface area contributed by atoms with Gasteiger partial charge in [-0.3, -0.25) is 4.79 Å². The molecule has 0 bridgehead atoms. The summed E-state index contributed by atoms with van der Waals surface area (Å²) >= 11 is 2.77. The van der Waals surface area contributed by atoms with Crippen LogP contribution < -0.4 is 0 Å². The van der Waals surface area contributed by atoms with Gasteiger partial charge in [0.15, 0.2) is 0 Å². The van der Waals surface area contributed by atoms with E-state index < -0.39 is 0 Å². The molecule has 0 aliphatic rings. The van der Waals surface area contributed by atoms with E-state index in [1.807, 2.05) is 56.3 Å². The smallest absolute Gasteiger partial charge is 0.316 e. The minimum atomic E-state index is -0.334. The van der Waals surface area contributed by atoms with Gasteiger partial charge in [-0.2, -0.15) is 4.68 Å². The molecule has 0 saturated carbocycles. The average molecular weight is 412 g/mol. The van der Waals surface area contributed by atoms with E-state index in [1.54, 1.807) is 4.68 Å². The molecule has 0 unspecified atom stereocenters. The summed E-state index contributed by atoms with van der Waals surface area (Å²) in [5.74, 6) is -0.212. The predicted molar refractivity (Wildman–Crippen MR) is 109 cm³/mol. The second-order valence-electron chi connectivity index (χ2n) is 6.19. The molecule has 0 atom stereocenters. The summed E-state index contributed by atoms with van der Waals surface area (Å²) in [4.78, 5) is 16.6. The van der Waals surface area contributed by atoms with E-state index in [-0.39, 0.29) is 18.3 Å². The largest absolute Gasteiger partial charge is 0.458 e. The molecule has 28 heavy (non-hydrogen) atoms. The van der Waals surface area contributed by atoms with E-state index >= 15 is 0 Å². The number of hydrogen-bond acceptors (Lipinski definition) is 8. The number of thiazole rings is 1. The molecule has 0 radical (unpaired) electrons. The van der Waals surface area contributed by atoms with Crippen molar-refractivity contribution in [3.63, 3.8) is 0 Å². The van der Waals surface area contributed by atoms with Crippen molar-refractivity contribution in [2.45, 2.75) is 25.6 Å². The van der Waals surface area contributed by atoms with Crippen molar-refractivity contribution in [2.75, 3.05) is 5.75 Å². The third-order valence-electron chi connectivity index (χ3n) is 4.05. The molecule has 9 heteroatoms. The minimum Gasteiger partial charge on any atom is -0.458 e. The molecule has 142 valence electrons. The quantitative estimate of drug-likeness (QED) is 0.353. The molecule has 0 N–H and O–H groups in total. The Morgan fingerprint density at radius 3 is 2.93 bits per heavy atom. The van der Waals surface area contributed by atoms with Gasteiger partial charge in [0.05, 0.1) is 21.7 Å². The lowest BCUT2D eigenvalue weighted by molar-refractivity contribution is -0.141.